The molecular weight excluding hydrogens is 1090 g/mol. The summed E-state index contributed by atoms with van der Waals surface area (Å²) < 4.78 is 92.4. The summed E-state index contributed by atoms with van der Waals surface area (Å²) >= 11 is 0. The van der Waals surface area contributed by atoms with Crippen LogP contribution in [0.25, 0.3) is 0 Å². The predicted octanol–water partition coefficient (Wildman–Crippen LogP) is -0.990. The Bertz CT molecular complexity index is 1780. The van der Waals surface area contributed by atoms with Gasteiger partial charge in [0.2, 0.25) is 17.7 Å². The maximum atomic E-state index is 13.3. The van der Waals surface area contributed by atoms with Crippen LogP contribution in [0, 0.1) is 0 Å². The van der Waals surface area contributed by atoms with E-state index in [2.05, 4.69) is 16.0 Å². The number of benzene rings is 1. The average Bonchev–Trinajstić information content (AvgIpc) is 3.90. The van der Waals surface area contributed by atoms with Crippen LogP contribution < -0.4 is 20.7 Å². The van der Waals surface area contributed by atoms with Crippen molar-refractivity contribution < 1.29 is 114 Å². The summed E-state index contributed by atoms with van der Waals surface area (Å²) in [5, 5.41) is 17.1. The Labute approximate surface area is 480 Å². The van der Waals surface area contributed by atoms with Crippen molar-refractivity contribution >= 4 is 35.5 Å². The minimum absolute atomic E-state index is 0.00637. The first-order valence-electron chi connectivity index (χ1n) is 27.7. The molecule has 1 unspecified atom stereocenters. The van der Waals surface area contributed by atoms with Crippen molar-refractivity contribution in [1.82, 2.24) is 20.9 Å². The normalized spacial score (nSPS) is 12.6. The molecular formula is C54H90N4O24. The van der Waals surface area contributed by atoms with Crippen LogP contribution in [-0.2, 0) is 111 Å². The Morgan fingerprint density at radius 1 is 0.439 bits per heavy atom. The van der Waals surface area contributed by atoms with Crippen molar-refractivity contribution in [3.8, 4) is 5.75 Å². The number of methoxy groups -OCH3 is 1. The summed E-state index contributed by atoms with van der Waals surface area (Å²) in [7, 11) is 1.63. The van der Waals surface area contributed by atoms with Gasteiger partial charge in [0.25, 0.3) is 11.8 Å². The topological polar surface area (TPSA) is 319 Å². The third-order valence-corrected chi connectivity index (χ3v) is 10.7. The zero-order valence-corrected chi connectivity index (χ0v) is 47.7. The van der Waals surface area contributed by atoms with Crippen LogP contribution in [0.2, 0.25) is 0 Å². The van der Waals surface area contributed by atoms with Gasteiger partial charge in [0.05, 0.1) is 205 Å². The molecule has 28 nitrogen and oxygen atoms in total. The highest BCUT2D eigenvalue weighted by Gasteiger charge is 2.24. The van der Waals surface area contributed by atoms with E-state index in [9.17, 15) is 28.8 Å². The van der Waals surface area contributed by atoms with E-state index in [1.807, 2.05) is 0 Å². The molecule has 5 amide bonds. The molecule has 1 aromatic rings. The third kappa shape index (κ3) is 44.7. The molecule has 1 heterocycles. The van der Waals surface area contributed by atoms with Crippen LogP contribution in [0.15, 0.2) is 36.4 Å². The molecule has 0 fully saturated rings. The monoisotopic (exact) mass is 1180 g/mol. The highest BCUT2D eigenvalue weighted by atomic mass is 16.6. The van der Waals surface area contributed by atoms with Crippen molar-refractivity contribution in [2.45, 2.75) is 25.3 Å². The number of imide groups is 1. The molecule has 2 rings (SSSR count). The molecule has 28 heteroatoms. The number of nitrogens with one attached hydrogen (secondary N) is 3. The fourth-order valence-electron chi connectivity index (χ4n) is 6.53. The molecule has 0 aromatic heterocycles. The number of carbonyl (C=O) groups is 6. The van der Waals surface area contributed by atoms with Gasteiger partial charge < -0.3 is 102 Å². The van der Waals surface area contributed by atoms with Crippen LogP contribution in [0.5, 0.6) is 5.75 Å². The Morgan fingerprint density at radius 3 is 1.15 bits per heavy atom. The number of carboxylic acids is 1. The Kier molecular flexibility index (Phi) is 48.3. The minimum Gasteiger partial charge on any atom is -0.482 e. The fourth-order valence-corrected chi connectivity index (χ4v) is 6.53. The molecule has 470 valence electrons. The van der Waals surface area contributed by atoms with Gasteiger partial charge in [0, 0.05) is 58.2 Å². The lowest BCUT2D eigenvalue weighted by Crippen LogP contribution is -2.48. The number of ether oxygens (including phenoxy) is 17. The van der Waals surface area contributed by atoms with Crippen LogP contribution >= 0.6 is 0 Å². The molecule has 0 bridgehead atoms. The zero-order valence-electron chi connectivity index (χ0n) is 47.7. The molecule has 1 aromatic carbocycles. The van der Waals surface area contributed by atoms with Gasteiger partial charge in [-0.2, -0.15) is 0 Å². The standard InChI is InChI=1S/C54H90N4O24/c1-66-16-17-70-24-25-74-30-31-76-34-35-78-38-39-80-42-43-81-41-40-79-37-36-77-33-32-75-29-28-73-23-20-69-15-11-56-54(65)48(44-46-2-4-47(5-3-46)82-45-53(63)64)57-50(60)9-13-67-18-21-71-26-27-72-22-19-68-14-10-55-49(59)8-12-58-51(61)6-7-52(58)62/h2-7,48H,8-45H2,1H3,(H,55,59)(H,56,65)(H,57,60)(H,63,64). The van der Waals surface area contributed by atoms with E-state index >= 15 is 0 Å². The molecule has 82 heavy (non-hydrogen) atoms. The lowest BCUT2D eigenvalue weighted by Gasteiger charge is -2.19. The fraction of sp³-hybridized carbons (Fsp3) is 0.741. The van der Waals surface area contributed by atoms with E-state index in [0.29, 0.717) is 183 Å². The second-order valence-corrected chi connectivity index (χ2v) is 17.1. The summed E-state index contributed by atoms with van der Waals surface area (Å²) in [6, 6.07) is 5.63. The van der Waals surface area contributed by atoms with E-state index in [0.717, 1.165) is 4.90 Å². The number of carbonyl (C=O) groups excluding carboxylic acids is 5. The van der Waals surface area contributed by atoms with Crippen molar-refractivity contribution in [1.29, 1.82) is 0 Å². The van der Waals surface area contributed by atoms with Crippen LogP contribution in [0.3, 0.4) is 0 Å². The van der Waals surface area contributed by atoms with Crippen molar-refractivity contribution in [3.05, 3.63) is 42.0 Å². The molecule has 0 radical (unpaired) electrons. The van der Waals surface area contributed by atoms with Crippen molar-refractivity contribution in [3.63, 3.8) is 0 Å². The van der Waals surface area contributed by atoms with E-state index in [-0.39, 0.29) is 77.8 Å². The molecule has 1 aliphatic heterocycles. The van der Waals surface area contributed by atoms with Gasteiger partial charge in [-0.25, -0.2) is 4.79 Å². The van der Waals surface area contributed by atoms with Gasteiger partial charge in [-0.1, -0.05) is 12.1 Å². The zero-order chi connectivity index (χ0) is 59.0. The minimum atomic E-state index is -1.11. The highest BCUT2D eigenvalue weighted by molar-refractivity contribution is 6.13. The third-order valence-electron chi connectivity index (χ3n) is 10.7. The Morgan fingerprint density at radius 2 is 0.780 bits per heavy atom. The maximum absolute atomic E-state index is 13.3. The van der Waals surface area contributed by atoms with Gasteiger partial charge in [-0.05, 0) is 17.7 Å². The summed E-state index contributed by atoms with van der Waals surface area (Å²) in [5.41, 5.74) is 0.706. The first kappa shape index (κ1) is 73.2. The van der Waals surface area contributed by atoms with Gasteiger partial charge in [0.1, 0.15) is 11.8 Å². The van der Waals surface area contributed by atoms with Gasteiger partial charge in [-0.3, -0.25) is 28.9 Å². The maximum Gasteiger partial charge on any atom is 0.341 e. The van der Waals surface area contributed by atoms with Crippen LogP contribution in [0.1, 0.15) is 18.4 Å². The molecule has 0 spiro atoms. The summed E-state index contributed by atoms with van der Waals surface area (Å²) in [6.07, 6.45) is 2.50. The van der Waals surface area contributed by atoms with E-state index in [4.69, 9.17) is 85.6 Å². The smallest absolute Gasteiger partial charge is 0.341 e. The average molecular weight is 1180 g/mol. The number of nitrogens with zero attached hydrogens (tertiary/aromatic N) is 1. The van der Waals surface area contributed by atoms with E-state index in [1.54, 1.807) is 31.4 Å². The number of hydrogen-bond donors (Lipinski definition) is 4. The number of hydrogen-bond acceptors (Lipinski definition) is 23. The first-order valence-corrected chi connectivity index (χ1v) is 27.7. The van der Waals surface area contributed by atoms with Gasteiger partial charge in [0.15, 0.2) is 6.61 Å². The highest BCUT2D eigenvalue weighted by Crippen LogP contribution is 2.14. The second-order valence-electron chi connectivity index (χ2n) is 17.1. The molecule has 0 saturated heterocycles. The number of rotatable bonds is 61. The van der Waals surface area contributed by atoms with Crippen molar-refractivity contribution in [2.24, 2.45) is 0 Å². The Balaban J connectivity index is 1.40. The number of carboxylic acid groups (broad SMARTS) is 1. The van der Waals surface area contributed by atoms with E-state index in [1.165, 1.54) is 12.2 Å². The van der Waals surface area contributed by atoms with E-state index < -0.39 is 42.2 Å². The molecule has 0 aliphatic carbocycles. The molecule has 4 N–H and O–H groups in total. The summed E-state index contributed by atoms with van der Waals surface area (Å²) in [4.78, 5) is 73.1. The molecule has 1 atom stereocenters. The largest absolute Gasteiger partial charge is 0.482 e. The van der Waals surface area contributed by atoms with Gasteiger partial charge >= 0.3 is 5.97 Å². The number of aliphatic carboxylic acids is 1. The predicted molar refractivity (Wildman–Crippen MR) is 290 cm³/mol. The SMILES string of the molecule is COCCOCCOCCOCCOCCOCCOCCOCCOCCOCCOCCOCCNC(=O)C(Cc1ccc(OCC(=O)O)cc1)NC(=O)CCOCCOCCOCCOCCNC(=O)CCN1C(=O)C=CC1=O. The number of amides is 5. The lowest BCUT2D eigenvalue weighted by molar-refractivity contribution is -0.140. The van der Waals surface area contributed by atoms with Gasteiger partial charge in [-0.15, -0.1) is 0 Å². The Hall–Kier alpha value is -4.86. The summed E-state index contributed by atoms with van der Waals surface area (Å²) in [5.74, 6) is -2.73. The summed E-state index contributed by atoms with van der Waals surface area (Å²) in [6.45, 7) is 12.4. The second kappa shape index (κ2) is 54.1. The van der Waals surface area contributed by atoms with Crippen molar-refractivity contribution in [2.75, 3.05) is 238 Å². The quantitative estimate of drug-likeness (QED) is 0.0450. The molecule has 1 aliphatic rings. The lowest BCUT2D eigenvalue weighted by atomic mass is 10.0. The van der Waals surface area contributed by atoms with Crippen LogP contribution in [0.4, 0.5) is 0 Å². The first-order chi connectivity index (χ1) is 40.2. The molecule has 0 saturated carbocycles. The van der Waals surface area contributed by atoms with Crippen LogP contribution in [-0.4, -0.2) is 290 Å².